The second-order valence-corrected chi connectivity index (χ2v) is 10.1. The number of hydrogen-bond donors (Lipinski definition) is 0. The van der Waals surface area contributed by atoms with Crippen molar-refractivity contribution in [3.63, 3.8) is 0 Å². The lowest BCUT2D eigenvalue weighted by Crippen LogP contribution is -2.56. The van der Waals surface area contributed by atoms with Crippen molar-refractivity contribution in [1.29, 1.82) is 0 Å². The molecule has 0 saturated carbocycles. The predicted molar refractivity (Wildman–Crippen MR) is 106 cm³/mol. The fraction of sp³-hybridized carbons (Fsp3) is 0.650. The minimum absolute atomic E-state index is 0.119. The van der Waals surface area contributed by atoms with Gasteiger partial charge in [-0.25, -0.2) is 8.42 Å². The third kappa shape index (κ3) is 4.52. The van der Waals surface area contributed by atoms with Crippen LogP contribution in [0.1, 0.15) is 27.2 Å². The summed E-state index contributed by atoms with van der Waals surface area (Å²) in [5.74, 6) is 1.33. The van der Waals surface area contributed by atoms with Crippen LogP contribution in [-0.4, -0.2) is 73.7 Å². The quantitative estimate of drug-likeness (QED) is 0.784. The van der Waals surface area contributed by atoms with E-state index in [9.17, 15) is 13.2 Å². The van der Waals surface area contributed by atoms with Crippen molar-refractivity contribution in [2.24, 2.45) is 11.8 Å². The number of amides is 1. The lowest BCUT2D eigenvalue weighted by atomic mass is 9.91. The number of rotatable bonds is 4. The Morgan fingerprint density at radius 3 is 2.11 bits per heavy atom. The summed E-state index contributed by atoms with van der Waals surface area (Å²) in [6.07, 6.45) is 1.22. The summed E-state index contributed by atoms with van der Waals surface area (Å²) in [6, 6.07) is 8.36. The Morgan fingerprint density at radius 1 is 1.00 bits per heavy atom. The van der Waals surface area contributed by atoms with E-state index < -0.39 is 10.0 Å². The third-order valence-corrected chi connectivity index (χ3v) is 7.65. The summed E-state index contributed by atoms with van der Waals surface area (Å²) in [7, 11) is -3.48. The highest BCUT2D eigenvalue weighted by molar-refractivity contribution is 7.89. The van der Waals surface area contributed by atoms with Crippen LogP contribution < -0.4 is 0 Å². The maximum Gasteiger partial charge on any atom is 0.243 e. The first kappa shape index (κ1) is 20.3. The summed E-state index contributed by atoms with van der Waals surface area (Å²) in [6.45, 7) is 9.99. The number of carbonyl (C=O) groups excluding carboxylic acids is 1. The first-order valence-corrected chi connectivity index (χ1v) is 11.3. The van der Waals surface area contributed by atoms with Gasteiger partial charge in [-0.1, -0.05) is 32.0 Å². The van der Waals surface area contributed by atoms with Gasteiger partial charge in [0.1, 0.15) is 0 Å². The smallest absolute Gasteiger partial charge is 0.243 e. The van der Waals surface area contributed by atoms with Gasteiger partial charge in [0.15, 0.2) is 0 Å². The van der Waals surface area contributed by atoms with Gasteiger partial charge in [-0.05, 0) is 37.3 Å². The molecule has 1 aromatic carbocycles. The molecule has 3 atom stereocenters. The Labute approximate surface area is 163 Å². The SMILES string of the molecule is C[C@@H]1C[C@@H](C)CN([C@@H](C)C(=O)N2CCN(S(=O)(=O)c3ccccc3)CC2)C1. The van der Waals surface area contributed by atoms with E-state index in [2.05, 4.69) is 18.7 Å². The molecular formula is C20H31N3O3S. The highest BCUT2D eigenvalue weighted by Gasteiger charge is 2.34. The number of carbonyl (C=O) groups is 1. The van der Waals surface area contributed by atoms with Crippen LogP contribution in [0.3, 0.4) is 0 Å². The molecule has 0 radical (unpaired) electrons. The zero-order chi connectivity index (χ0) is 19.6. The molecule has 2 fully saturated rings. The van der Waals surface area contributed by atoms with Crippen molar-refractivity contribution in [3.05, 3.63) is 30.3 Å². The molecule has 2 aliphatic heterocycles. The van der Waals surface area contributed by atoms with Crippen molar-refractivity contribution in [2.45, 2.75) is 38.1 Å². The average molecular weight is 394 g/mol. The van der Waals surface area contributed by atoms with E-state index in [0.29, 0.717) is 42.9 Å². The minimum Gasteiger partial charge on any atom is -0.339 e. The summed E-state index contributed by atoms with van der Waals surface area (Å²) in [4.78, 5) is 17.4. The highest BCUT2D eigenvalue weighted by Crippen LogP contribution is 2.24. The standard InChI is InChI=1S/C20H31N3O3S/c1-16-13-17(2)15-22(14-16)18(3)20(24)21-9-11-23(12-10-21)27(25,26)19-7-5-4-6-8-19/h4-8,16-18H,9-15H2,1-3H3/t16-,17-,18+/m1/s1. The molecule has 27 heavy (non-hydrogen) atoms. The highest BCUT2D eigenvalue weighted by atomic mass is 32.2. The number of benzene rings is 1. The predicted octanol–water partition coefficient (Wildman–Crippen LogP) is 1.89. The summed E-state index contributed by atoms with van der Waals surface area (Å²) in [5.41, 5.74) is 0. The molecule has 0 aromatic heterocycles. The van der Waals surface area contributed by atoms with Crippen LogP contribution in [0.5, 0.6) is 0 Å². The van der Waals surface area contributed by atoms with Crippen LogP contribution in [0.15, 0.2) is 35.2 Å². The summed E-state index contributed by atoms with van der Waals surface area (Å²) >= 11 is 0. The van der Waals surface area contributed by atoms with E-state index in [4.69, 9.17) is 0 Å². The van der Waals surface area contributed by atoms with E-state index in [1.54, 1.807) is 30.3 Å². The zero-order valence-electron chi connectivity index (χ0n) is 16.5. The van der Waals surface area contributed by atoms with Crippen LogP contribution in [0.25, 0.3) is 0 Å². The third-order valence-electron chi connectivity index (χ3n) is 5.73. The Morgan fingerprint density at radius 2 is 1.56 bits per heavy atom. The van der Waals surface area contributed by atoms with Gasteiger partial charge in [0.05, 0.1) is 10.9 Å². The molecular weight excluding hydrogens is 362 g/mol. The second-order valence-electron chi connectivity index (χ2n) is 8.12. The van der Waals surface area contributed by atoms with Crippen LogP contribution in [-0.2, 0) is 14.8 Å². The van der Waals surface area contributed by atoms with Gasteiger partial charge in [0.25, 0.3) is 0 Å². The molecule has 7 heteroatoms. The van der Waals surface area contributed by atoms with Gasteiger partial charge in [-0.2, -0.15) is 4.31 Å². The topological polar surface area (TPSA) is 60.9 Å². The Hall–Kier alpha value is -1.44. The van der Waals surface area contributed by atoms with E-state index in [1.165, 1.54) is 10.7 Å². The van der Waals surface area contributed by atoms with Crippen LogP contribution in [0, 0.1) is 11.8 Å². The number of hydrogen-bond acceptors (Lipinski definition) is 4. The molecule has 0 unspecified atom stereocenters. The molecule has 0 aliphatic carbocycles. The first-order chi connectivity index (χ1) is 12.8. The molecule has 1 amide bonds. The van der Waals surface area contributed by atoms with E-state index in [1.807, 2.05) is 11.8 Å². The Kier molecular flexibility index (Phi) is 6.23. The van der Waals surface area contributed by atoms with Gasteiger partial charge in [-0.15, -0.1) is 0 Å². The molecule has 0 N–H and O–H groups in total. The molecule has 3 rings (SSSR count). The molecule has 2 heterocycles. The van der Waals surface area contributed by atoms with Crippen LogP contribution >= 0.6 is 0 Å². The van der Waals surface area contributed by atoms with Crippen molar-refractivity contribution in [3.8, 4) is 0 Å². The number of sulfonamides is 1. The molecule has 150 valence electrons. The zero-order valence-corrected chi connectivity index (χ0v) is 17.4. The molecule has 6 nitrogen and oxygen atoms in total. The minimum atomic E-state index is -3.48. The van der Waals surface area contributed by atoms with Crippen LogP contribution in [0.4, 0.5) is 0 Å². The van der Waals surface area contributed by atoms with E-state index in [-0.39, 0.29) is 11.9 Å². The Bertz CT molecular complexity index is 735. The number of piperazine rings is 1. The van der Waals surface area contributed by atoms with Crippen molar-refractivity contribution < 1.29 is 13.2 Å². The summed E-state index contributed by atoms with van der Waals surface area (Å²) < 4.78 is 27.0. The fourth-order valence-corrected chi connectivity index (χ4v) is 5.78. The molecule has 2 aliphatic rings. The molecule has 0 spiro atoms. The van der Waals surface area contributed by atoms with E-state index in [0.717, 1.165) is 13.1 Å². The number of nitrogens with zero attached hydrogens (tertiary/aromatic N) is 3. The summed E-state index contributed by atoms with van der Waals surface area (Å²) in [5, 5.41) is 0. The molecule has 2 saturated heterocycles. The number of piperidine rings is 1. The lowest BCUT2D eigenvalue weighted by Gasteiger charge is -2.41. The molecule has 1 aromatic rings. The fourth-order valence-electron chi connectivity index (χ4n) is 4.34. The van der Waals surface area contributed by atoms with Gasteiger partial charge >= 0.3 is 0 Å². The van der Waals surface area contributed by atoms with Crippen molar-refractivity contribution in [2.75, 3.05) is 39.3 Å². The monoisotopic (exact) mass is 393 g/mol. The van der Waals surface area contributed by atoms with Crippen molar-refractivity contribution >= 4 is 15.9 Å². The van der Waals surface area contributed by atoms with Gasteiger partial charge in [0, 0.05) is 39.3 Å². The van der Waals surface area contributed by atoms with Crippen LogP contribution in [0.2, 0.25) is 0 Å². The Balaban J connectivity index is 1.59. The molecule has 0 bridgehead atoms. The van der Waals surface area contributed by atoms with E-state index >= 15 is 0 Å². The van der Waals surface area contributed by atoms with Crippen molar-refractivity contribution in [1.82, 2.24) is 14.1 Å². The lowest BCUT2D eigenvalue weighted by molar-refractivity contribution is -0.138. The first-order valence-electron chi connectivity index (χ1n) is 9.87. The van der Waals surface area contributed by atoms with Gasteiger partial charge in [-0.3, -0.25) is 9.69 Å². The second kappa shape index (κ2) is 8.29. The maximum absolute atomic E-state index is 13.0. The van der Waals surface area contributed by atoms with Gasteiger partial charge in [0.2, 0.25) is 15.9 Å². The maximum atomic E-state index is 13.0. The largest absolute Gasteiger partial charge is 0.339 e. The number of likely N-dealkylation sites (tertiary alicyclic amines) is 1. The average Bonchev–Trinajstić information content (AvgIpc) is 2.67. The van der Waals surface area contributed by atoms with Gasteiger partial charge < -0.3 is 4.90 Å². The normalized spacial score (nSPS) is 26.7.